The molecule has 3 aliphatic rings. The molecule has 13 heteroatoms. The van der Waals surface area contributed by atoms with Gasteiger partial charge in [-0.15, -0.1) is 0 Å². The number of nitrogens with zero attached hydrogens (tertiary/aromatic N) is 6. The number of carbonyl (C=O) groups excluding carboxylic acids is 1. The summed E-state index contributed by atoms with van der Waals surface area (Å²) in [4.78, 5) is 34.4. The molecule has 1 amide bonds. The third kappa shape index (κ3) is 7.32. The van der Waals surface area contributed by atoms with Gasteiger partial charge in [-0.3, -0.25) is 14.5 Å². The van der Waals surface area contributed by atoms with Gasteiger partial charge in [0.05, 0.1) is 36.8 Å². The van der Waals surface area contributed by atoms with Crippen LogP contribution >= 0.6 is 0 Å². The van der Waals surface area contributed by atoms with Gasteiger partial charge >= 0.3 is 0 Å². The summed E-state index contributed by atoms with van der Waals surface area (Å²) in [6.45, 7) is 7.92. The smallest absolute Gasteiger partial charge is 0.247 e. The van der Waals surface area contributed by atoms with E-state index in [1.165, 1.54) is 31.0 Å². The maximum atomic E-state index is 14.0. The van der Waals surface area contributed by atoms with Crippen LogP contribution in [-0.4, -0.2) is 91.7 Å². The number of hydroxylamine groups is 1. The Balaban J connectivity index is 1.22. The standard InChI is InChI=1S/C34H42F2N8O3/c1-5-34(45)40-27-17-28(31(46-4)18-30(27)42-10-6-25(7-11-42)43-12-8-26(20-43)41(2)3)39-32-19-33(38-21-37-32)44-29(9-13-47-44)22-14-23(35)16-24(36)15-22/h5,14-19,21,25-26,29H,1,6-13,20H2,2-4H3,(H,40,45)(H,37,38,39)/t26-,29+/m0/s1. The van der Waals surface area contributed by atoms with Crippen LogP contribution in [0.5, 0.6) is 5.75 Å². The number of halogens is 2. The van der Waals surface area contributed by atoms with Gasteiger partial charge in [-0.2, -0.15) is 0 Å². The Hall–Kier alpha value is -4.33. The molecule has 0 bridgehead atoms. The van der Waals surface area contributed by atoms with Crippen LogP contribution in [0.3, 0.4) is 0 Å². The minimum atomic E-state index is -0.652. The average molecular weight is 649 g/mol. The Labute approximate surface area is 274 Å². The Kier molecular flexibility index (Phi) is 9.85. The fraction of sp³-hybridized carbons (Fsp3) is 0.441. The van der Waals surface area contributed by atoms with Crippen LogP contribution in [0.25, 0.3) is 0 Å². The van der Waals surface area contributed by atoms with Gasteiger partial charge in [0.15, 0.2) is 5.82 Å². The molecular weight excluding hydrogens is 606 g/mol. The van der Waals surface area contributed by atoms with Gasteiger partial charge in [-0.05, 0) is 63.2 Å². The summed E-state index contributed by atoms with van der Waals surface area (Å²) in [6, 6.07) is 9.61. The van der Waals surface area contributed by atoms with E-state index in [1.807, 2.05) is 12.1 Å². The maximum absolute atomic E-state index is 14.0. The quantitative estimate of drug-likeness (QED) is 0.289. The summed E-state index contributed by atoms with van der Waals surface area (Å²) in [5.41, 5.74) is 2.52. The summed E-state index contributed by atoms with van der Waals surface area (Å²) in [6.07, 6.45) is 6.42. The number of benzene rings is 2. The van der Waals surface area contributed by atoms with Crippen molar-refractivity contribution < 1.29 is 23.1 Å². The van der Waals surface area contributed by atoms with Crippen molar-refractivity contribution in [3.63, 3.8) is 0 Å². The molecule has 47 heavy (non-hydrogen) atoms. The molecule has 1 aromatic heterocycles. The number of likely N-dealkylation sites (tertiary alicyclic amines) is 1. The summed E-state index contributed by atoms with van der Waals surface area (Å²) < 4.78 is 33.8. The van der Waals surface area contributed by atoms with E-state index in [0.29, 0.717) is 59.4 Å². The predicted octanol–water partition coefficient (Wildman–Crippen LogP) is 5.12. The molecule has 2 N–H and O–H groups in total. The van der Waals surface area contributed by atoms with Crippen LogP contribution in [0.2, 0.25) is 0 Å². The monoisotopic (exact) mass is 648 g/mol. The summed E-state index contributed by atoms with van der Waals surface area (Å²) in [5, 5.41) is 7.82. The van der Waals surface area contributed by atoms with Crippen molar-refractivity contribution >= 4 is 34.6 Å². The number of nitrogens with one attached hydrogen (secondary N) is 2. The van der Waals surface area contributed by atoms with E-state index in [9.17, 15) is 13.6 Å². The molecule has 6 rings (SSSR count). The van der Waals surface area contributed by atoms with Gasteiger partial charge in [0.2, 0.25) is 5.91 Å². The SMILES string of the molecule is C=CC(=O)Nc1cc(Nc2cc(N3OCC[C@@H]3c3cc(F)cc(F)c3)ncn2)c(OC)cc1N1CCC(N2CC[C@H](N(C)C)C2)CC1. The Morgan fingerprint density at radius 3 is 2.47 bits per heavy atom. The lowest BCUT2D eigenvalue weighted by molar-refractivity contribution is -0.111. The molecule has 2 aromatic carbocycles. The number of hydrogen-bond acceptors (Lipinski definition) is 10. The van der Waals surface area contributed by atoms with E-state index in [0.717, 1.165) is 50.8 Å². The van der Waals surface area contributed by atoms with Crippen molar-refractivity contribution in [3.8, 4) is 5.75 Å². The van der Waals surface area contributed by atoms with Crippen molar-refractivity contribution in [2.24, 2.45) is 0 Å². The highest BCUT2D eigenvalue weighted by atomic mass is 19.1. The summed E-state index contributed by atoms with van der Waals surface area (Å²) in [5.74, 6) is -0.202. The minimum Gasteiger partial charge on any atom is -0.494 e. The molecule has 3 aromatic rings. The molecule has 11 nitrogen and oxygen atoms in total. The molecule has 0 spiro atoms. The van der Waals surface area contributed by atoms with E-state index in [2.05, 4.69) is 56.0 Å². The van der Waals surface area contributed by atoms with E-state index < -0.39 is 17.7 Å². The zero-order valence-electron chi connectivity index (χ0n) is 27.1. The van der Waals surface area contributed by atoms with Crippen LogP contribution in [0.4, 0.5) is 37.5 Å². The molecule has 250 valence electrons. The second-order valence-corrected chi connectivity index (χ2v) is 12.4. The minimum absolute atomic E-state index is 0.320. The molecule has 4 heterocycles. The second-order valence-electron chi connectivity index (χ2n) is 12.4. The van der Waals surface area contributed by atoms with Gasteiger partial charge in [-0.25, -0.2) is 23.8 Å². The molecule has 3 saturated heterocycles. The Bertz CT molecular complexity index is 1580. The molecule has 0 unspecified atom stereocenters. The van der Waals surface area contributed by atoms with Crippen LogP contribution in [0, 0.1) is 11.6 Å². The third-order valence-electron chi connectivity index (χ3n) is 9.32. The van der Waals surface area contributed by atoms with Gasteiger partial charge in [0, 0.05) is 62.9 Å². The van der Waals surface area contributed by atoms with Crippen molar-refractivity contribution in [1.82, 2.24) is 19.8 Å². The zero-order valence-corrected chi connectivity index (χ0v) is 27.1. The van der Waals surface area contributed by atoms with Gasteiger partial charge in [0.25, 0.3) is 0 Å². The largest absolute Gasteiger partial charge is 0.494 e. The fourth-order valence-corrected chi connectivity index (χ4v) is 6.81. The number of methoxy groups -OCH3 is 1. The summed E-state index contributed by atoms with van der Waals surface area (Å²) in [7, 11) is 5.90. The topological polar surface area (TPSA) is 98.3 Å². The normalized spacial score (nSPS) is 20.6. The second kappa shape index (κ2) is 14.2. The first kappa shape index (κ1) is 32.6. The number of amides is 1. The highest BCUT2D eigenvalue weighted by Gasteiger charge is 2.33. The Morgan fingerprint density at radius 2 is 1.79 bits per heavy atom. The van der Waals surface area contributed by atoms with Crippen molar-refractivity contribution in [2.75, 3.05) is 74.6 Å². The molecule has 3 aliphatic heterocycles. The Morgan fingerprint density at radius 1 is 1.02 bits per heavy atom. The fourth-order valence-electron chi connectivity index (χ4n) is 6.81. The third-order valence-corrected chi connectivity index (χ3v) is 9.32. The molecule has 0 aliphatic carbocycles. The number of piperidine rings is 1. The first-order chi connectivity index (χ1) is 22.7. The lowest BCUT2D eigenvalue weighted by atomic mass is 10.0. The van der Waals surface area contributed by atoms with Crippen molar-refractivity contribution in [1.29, 1.82) is 0 Å². The first-order valence-electron chi connectivity index (χ1n) is 16.0. The number of ether oxygens (including phenoxy) is 1. The van der Waals surface area contributed by atoms with Crippen LogP contribution in [-0.2, 0) is 9.63 Å². The number of aromatic nitrogens is 2. The van der Waals surface area contributed by atoms with E-state index in [4.69, 9.17) is 9.57 Å². The highest BCUT2D eigenvalue weighted by molar-refractivity contribution is 6.02. The van der Waals surface area contributed by atoms with Gasteiger partial charge in [-0.1, -0.05) is 6.58 Å². The predicted molar refractivity (Wildman–Crippen MR) is 178 cm³/mol. The van der Waals surface area contributed by atoms with Crippen molar-refractivity contribution in [3.05, 3.63) is 72.6 Å². The molecular formula is C34H42F2N8O3. The maximum Gasteiger partial charge on any atom is 0.247 e. The van der Waals surface area contributed by atoms with Crippen LogP contribution < -0.4 is 25.3 Å². The number of likely N-dealkylation sites (N-methyl/N-ethyl adjacent to an activating group) is 1. The van der Waals surface area contributed by atoms with Crippen molar-refractivity contribution in [2.45, 2.75) is 43.8 Å². The number of hydrogen-bond donors (Lipinski definition) is 2. The molecule has 3 fully saturated rings. The van der Waals surface area contributed by atoms with E-state index in [-0.39, 0.29) is 5.91 Å². The van der Waals surface area contributed by atoms with Gasteiger partial charge < -0.3 is 25.2 Å². The van der Waals surface area contributed by atoms with E-state index >= 15 is 0 Å². The zero-order chi connectivity index (χ0) is 33.1. The first-order valence-corrected chi connectivity index (χ1v) is 16.0. The van der Waals surface area contributed by atoms with Crippen LogP contribution in [0.1, 0.15) is 37.3 Å². The highest BCUT2D eigenvalue weighted by Crippen LogP contribution is 2.41. The van der Waals surface area contributed by atoms with Gasteiger partial charge in [0.1, 0.15) is 29.5 Å². The molecule has 0 radical (unpaired) electrons. The number of carbonyl (C=O) groups is 1. The molecule has 0 saturated carbocycles. The lowest BCUT2D eigenvalue weighted by Crippen LogP contribution is -2.45. The van der Waals surface area contributed by atoms with E-state index in [1.54, 1.807) is 18.2 Å². The average Bonchev–Trinajstić information content (AvgIpc) is 3.76. The molecule has 2 atom stereocenters. The van der Waals surface area contributed by atoms with Crippen LogP contribution in [0.15, 0.2) is 55.4 Å². The lowest BCUT2D eigenvalue weighted by Gasteiger charge is -2.39. The number of rotatable bonds is 10. The number of anilines is 5. The summed E-state index contributed by atoms with van der Waals surface area (Å²) >= 11 is 0.